The number of benzene rings is 1. The minimum absolute atomic E-state index is 0.117. The van der Waals surface area contributed by atoms with Crippen LogP contribution in [0.4, 0.5) is 0 Å². The van der Waals surface area contributed by atoms with E-state index in [1.165, 1.54) is 0 Å². The highest BCUT2D eigenvalue weighted by molar-refractivity contribution is 9.10. The van der Waals surface area contributed by atoms with E-state index in [-0.39, 0.29) is 18.2 Å². The summed E-state index contributed by atoms with van der Waals surface area (Å²) in [5.41, 5.74) is 0.881. The van der Waals surface area contributed by atoms with Crippen molar-refractivity contribution in [3.05, 3.63) is 40.8 Å². The number of nitrogens with zero attached hydrogens (tertiary/aromatic N) is 1. The Labute approximate surface area is 148 Å². The first-order valence-electron chi connectivity index (χ1n) is 7.60. The van der Waals surface area contributed by atoms with E-state index in [2.05, 4.69) is 26.2 Å². The lowest BCUT2D eigenvalue weighted by atomic mass is 10.0. The van der Waals surface area contributed by atoms with Crippen molar-refractivity contribution >= 4 is 27.8 Å². The molecule has 1 amide bonds. The molecule has 0 aliphatic carbocycles. The standard InChI is InChI=1S/C17H19BrN2O4/c1-10(2)16(17(22)23)20-14(21)7-8-15-19-9-13(24-15)11-5-3-4-6-12(11)18/h3-6,9-10,16H,7-8H2,1-2H3,(H,20,21)(H,22,23)/t16-/m0/s1. The van der Waals surface area contributed by atoms with Crippen molar-refractivity contribution in [2.45, 2.75) is 32.7 Å². The van der Waals surface area contributed by atoms with E-state index < -0.39 is 12.0 Å². The van der Waals surface area contributed by atoms with Gasteiger partial charge < -0.3 is 14.8 Å². The third-order valence-corrected chi connectivity index (χ3v) is 4.20. The number of hydrogen-bond acceptors (Lipinski definition) is 4. The molecule has 0 aliphatic rings. The van der Waals surface area contributed by atoms with Crippen molar-refractivity contribution in [3.63, 3.8) is 0 Å². The number of rotatable bonds is 7. The Bertz CT molecular complexity index is 727. The third kappa shape index (κ3) is 4.67. The molecule has 24 heavy (non-hydrogen) atoms. The first-order valence-corrected chi connectivity index (χ1v) is 8.39. The summed E-state index contributed by atoms with van der Waals surface area (Å²) in [4.78, 5) is 27.2. The number of carbonyl (C=O) groups excluding carboxylic acids is 1. The Morgan fingerprint density at radius 2 is 2.04 bits per heavy atom. The number of halogens is 1. The Kier molecular flexibility index (Phi) is 6.14. The van der Waals surface area contributed by atoms with Crippen LogP contribution in [0.2, 0.25) is 0 Å². The molecule has 2 aromatic rings. The molecule has 1 atom stereocenters. The van der Waals surface area contributed by atoms with Gasteiger partial charge in [0.1, 0.15) is 6.04 Å². The van der Waals surface area contributed by atoms with E-state index in [4.69, 9.17) is 9.52 Å². The monoisotopic (exact) mass is 394 g/mol. The fourth-order valence-corrected chi connectivity index (χ4v) is 2.67. The second kappa shape index (κ2) is 8.10. The van der Waals surface area contributed by atoms with Gasteiger partial charge in [-0.25, -0.2) is 9.78 Å². The average molecular weight is 395 g/mol. The highest BCUT2D eigenvalue weighted by Crippen LogP contribution is 2.28. The van der Waals surface area contributed by atoms with E-state index in [9.17, 15) is 9.59 Å². The number of carboxylic acids is 1. The smallest absolute Gasteiger partial charge is 0.326 e. The van der Waals surface area contributed by atoms with Crippen LogP contribution >= 0.6 is 15.9 Å². The highest BCUT2D eigenvalue weighted by Gasteiger charge is 2.23. The molecule has 0 aliphatic heterocycles. The van der Waals surface area contributed by atoms with Crippen LogP contribution in [0.1, 0.15) is 26.2 Å². The van der Waals surface area contributed by atoms with Gasteiger partial charge in [-0.2, -0.15) is 0 Å². The molecule has 0 saturated carbocycles. The van der Waals surface area contributed by atoms with E-state index >= 15 is 0 Å². The molecule has 0 saturated heterocycles. The summed E-state index contributed by atoms with van der Waals surface area (Å²) < 4.78 is 6.56. The van der Waals surface area contributed by atoms with Gasteiger partial charge in [-0.05, 0) is 12.0 Å². The number of aliphatic carboxylic acids is 1. The van der Waals surface area contributed by atoms with Gasteiger partial charge in [0.15, 0.2) is 11.7 Å². The molecule has 128 valence electrons. The summed E-state index contributed by atoms with van der Waals surface area (Å²) in [7, 11) is 0. The van der Waals surface area contributed by atoms with E-state index in [1.54, 1.807) is 20.0 Å². The van der Waals surface area contributed by atoms with Crippen molar-refractivity contribution in [3.8, 4) is 11.3 Å². The van der Waals surface area contributed by atoms with Gasteiger partial charge in [0, 0.05) is 22.9 Å². The van der Waals surface area contributed by atoms with Crippen LogP contribution in [0, 0.1) is 5.92 Å². The van der Waals surface area contributed by atoms with Crippen molar-refractivity contribution in [1.29, 1.82) is 0 Å². The lowest BCUT2D eigenvalue weighted by Gasteiger charge is -2.17. The van der Waals surface area contributed by atoms with Crippen LogP contribution < -0.4 is 5.32 Å². The molecule has 0 spiro atoms. The van der Waals surface area contributed by atoms with Crippen LogP contribution in [0.5, 0.6) is 0 Å². The SMILES string of the molecule is CC(C)[C@H](NC(=O)CCc1ncc(-c2ccccc2Br)o1)C(=O)O. The topological polar surface area (TPSA) is 92.4 Å². The number of nitrogens with one attached hydrogen (secondary N) is 1. The largest absolute Gasteiger partial charge is 0.480 e. The molecule has 1 aromatic carbocycles. The van der Waals surface area contributed by atoms with Gasteiger partial charge in [0.25, 0.3) is 0 Å². The maximum Gasteiger partial charge on any atom is 0.326 e. The van der Waals surface area contributed by atoms with Crippen LogP contribution in [0.15, 0.2) is 39.4 Å². The maximum atomic E-state index is 11.9. The lowest BCUT2D eigenvalue weighted by molar-refractivity contribution is -0.143. The number of aromatic nitrogens is 1. The van der Waals surface area contributed by atoms with Crippen molar-refractivity contribution < 1.29 is 19.1 Å². The quantitative estimate of drug-likeness (QED) is 0.751. The van der Waals surface area contributed by atoms with Crippen molar-refractivity contribution in [1.82, 2.24) is 10.3 Å². The zero-order chi connectivity index (χ0) is 17.7. The first-order chi connectivity index (χ1) is 11.4. The number of hydrogen-bond donors (Lipinski definition) is 2. The van der Waals surface area contributed by atoms with Crippen LogP contribution in [-0.4, -0.2) is 28.0 Å². The lowest BCUT2D eigenvalue weighted by Crippen LogP contribution is -2.44. The number of carboxylic acid groups (broad SMARTS) is 1. The summed E-state index contributed by atoms with van der Waals surface area (Å²) in [6.07, 6.45) is 2.04. The second-order valence-corrected chi connectivity index (χ2v) is 6.58. The molecule has 2 rings (SSSR count). The van der Waals surface area contributed by atoms with Gasteiger partial charge in [0.05, 0.1) is 6.20 Å². The summed E-state index contributed by atoms with van der Waals surface area (Å²) in [6.45, 7) is 3.49. The molecule has 2 N–H and O–H groups in total. The molecule has 0 fully saturated rings. The Hall–Kier alpha value is -2.15. The fourth-order valence-electron chi connectivity index (χ4n) is 2.19. The molecule has 0 unspecified atom stereocenters. The van der Waals surface area contributed by atoms with Crippen molar-refractivity contribution in [2.24, 2.45) is 5.92 Å². The van der Waals surface area contributed by atoms with Crippen LogP contribution in [-0.2, 0) is 16.0 Å². The number of amides is 1. The maximum absolute atomic E-state index is 11.9. The molecule has 0 radical (unpaired) electrons. The number of oxazole rings is 1. The van der Waals surface area contributed by atoms with Gasteiger partial charge >= 0.3 is 5.97 Å². The van der Waals surface area contributed by atoms with Crippen LogP contribution in [0.25, 0.3) is 11.3 Å². The summed E-state index contributed by atoms with van der Waals surface area (Å²) in [5, 5.41) is 11.6. The Morgan fingerprint density at radius 3 is 2.67 bits per heavy atom. The zero-order valence-corrected chi connectivity index (χ0v) is 15.0. The van der Waals surface area contributed by atoms with Gasteiger partial charge in [0.2, 0.25) is 5.91 Å². The van der Waals surface area contributed by atoms with Gasteiger partial charge in [-0.3, -0.25) is 4.79 Å². The van der Waals surface area contributed by atoms with E-state index in [0.29, 0.717) is 18.1 Å². The second-order valence-electron chi connectivity index (χ2n) is 5.73. The normalized spacial score (nSPS) is 12.2. The van der Waals surface area contributed by atoms with Crippen LogP contribution in [0.3, 0.4) is 0 Å². The first kappa shape index (κ1) is 18.2. The van der Waals surface area contributed by atoms with Gasteiger partial charge in [-0.1, -0.05) is 48.0 Å². The van der Waals surface area contributed by atoms with Gasteiger partial charge in [-0.15, -0.1) is 0 Å². The predicted octanol–water partition coefficient (Wildman–Crippen LogP) is 3.26. The summed E-state index contributed by atoms with van der Waals surface area (Å²) >= 11 is 3.45. The van der Waals surface area contributed by atoms with E-state index in [0.717, 1.165) is 10.0 Å². The summed E-state index contributed by atoms with van der Waals surface area (Å²) in [6, 6.07) is 6.72. The molecule has 1 heterocycles. The zero-order valence-electron chi connectivity index (χ0n) is 13.5. The Morgan fingerprint density at radius 1 is 1.33 bits per heavy atom. The molecular weight excluding hydrogens is 376 g/mol. The van der Waals surface area contributed by atoms with E-state index in [1.807, 2.05) is 24.3 Å². The fraction of sp³-hybridized carbons (Fsp3) is 0.353. The number of carbonyl (C=O) groups is 2. The van der Waals surface area contributed by atoms with Crippen molar-refractivity contribution in [2.75, 3.05) is 0 Å². The third-order valence-electron chi connectivity index (χ3n) is 3.51. The molecule has 0 bridgehead atoms. The highest BCUT2D eigenvalue weighted by atomic mass is 79.9. The molecule has 7 heteroatoms. The molecule has 1 aromatic heterocycles. The molecular formula is C17H19BrN2O4. The molecule has 6 nitrogen and oxygen atoms in total. The minimum Gasteiger partial charge on any atom is -0.480 e. The number of aryl methyl sites for hydroxylation is 1. The summed E-state index contributed by atoms with van der Waals surface area (Å²) in [5.74, 6) is -0.506. The Balaban J connectivity index is 1.95. The minimum atomic E-state index is -1.04. The predicted molar refractivity (Wildman–Crippen MR) is 92.4 cm³/mol. The average Bonchev–Trinajstić information content (AvgIpc) is 2.99.